The highest BCUT2D eigenvalue weighted by Crippen LogP contribution is 2.25. The number of carbonyl (C=O) groups is 3. The molecule has 1 unspecified atom stereocenters. The van der Waals surface area contributed by atoms with Crippen molar-refractivity contribution in [3.63, 3.8) is 0 Å². The fourth-order valence-corrected chi connectivity index (χ4v) is 2.76. The van der Waals surface area contributed by atoms with E-state index in [0.717, 1.165) is 5.56 Å². The smallest absolute Gasteiger partial charge is 0.339 e. The lowest BCUT2D eigenvalue weighted by molar-refractivity contribution is -0.127. The van der Waals surface area contributed by atoms with Crippen LogP contribution in [0.1, 0.15) is 24.2 Å². The van der Waals surface area contributed by atoms with Crippen LogP contribution in [-0.2, 0) is 16.1 Å². The Bertz CT molecular complexity index is 1060. The van der Waals surface area contributed by atoms with Crippen LogP contribution >= 0.6 is 0 Å². The molecule has 0 aliphatic rings. The van der Waals surface area contributed by atoms with Crippen LogP contribution in [-0.4, -0.2) is 45.8 Å². The van der Waals surface area contributed by atoms with Crippen LogP contribution in [0.5, 0.6) is 0 Å². The maximum Gasteiger partial charge on any atom is 0.339 e. The van der Waals surface area contributed by atoms with Gasteiger partial charge in [-0.15, -0.1) is 0 Å². The molecule has 1 aromatic carbocycles. The van der Waals surface area contributed by atoms with E-state index in [2.05, 4.69) is 20.7 Å². The van der Waals surface area contributed by atoms with Crippen molar-refractivity contribution in [1.29, 1.82) is 0 Å². The standard InChI is InChI=1S/C20H21N5O4/c1-4-25-17-15(11-22-25)14(10-16(23-17)13-8-6-5-7-9-13)19(27)29-12(2)18(26)24-20(28)21-3/h5-12H,4H2,1-3H3,(H2,21,24,26,28). The van der Waals surface area contributed by atoms with E-state index in [0.29, 0.717) is 23.3 Å². The van der Waals surface area contributed by atoms with E-state index in [4.69, 9.17) is 4.74 Å². The number of urea groups is 1. The first-order valence-corrected chi connectivity index (χ1v) is 9.10. The van der Waals surface area contributed by atoms with Gasteiger partial charge in [0.05, 0.1) is 22.8 Å². The number of hydrogen-bond acceptors (Lipinski definition) is 6. The Morgan fingerprint density at radius 3 is 2.59 bits per heavy atom. The Morgan fingerprint density at radius 1 is 1.21 bits per heavy atom. The summed E-state index contributed by atoms with van der Waals surface area (Å²) in [7, 11) is 1.38. The summed E-state index contributed by atoms with van der Waals surface area (Å²) in [6, 6.07) is 10.3. The Labute approximate surface area is 167 Å². The summed E-state index contributed by atoms with van der Waals surface area (Å²) in [6.45, 7) is 3.89. The predicted molar refractivity (Wildman–Crippen MR) is 106 cm³/mol. The number of rotatable bonds is 5. The number of imide groups is 1. The molecule has 9 nitrogen and oxygen atoms in total. The van der Waals surface area contributed by atoms with E-state index < -0.39 is 24.0 Å². The molecule has 0 radical (unpaired) electrons. The van der Waals surface area contributed by atoms with Crippen molar-refractivity contribution >= 4 is 28.9 Å². The molecule has 0 bridgehead atoms. The molecule has 150 valence electrons. The molecular formula is C20H21N5O4. The van der Waals surface area contributed by atoms with Gasteiger partial charge in [-0.1, -0.05) is 30.3 Å². The topological polar surface area (TPSA) is 115 Å². The first-order valence-electron chi connectivity index (χ1n) is 9.10. The van der Waals surface area contributed by atoms with Gasteiger partial charge in [0.25, 0.3) is 5.91 Å². The van der Waals surface area contributed by atoms with Crippen LogP contribution in [0, 0.1) is 0 Å². The molecule has 3 amide bonds. The van der Waals surface area contributed by atoms with E-state index in [1.807, 2.05) is 37.3 Å². The number of amides is 3. The molecule has 29 heavy (non-hydrogen) atoms. The number of aromatic nitrogens is 3. The molecule has 2 heterocycles. The maximum atomic E-state index is 12.8. The molecular weight excluding hydrogens is 374 g/mol. The van der Waals surface area contributed by atoms with Crippen molar-refractivity contribution in [2.75, 3.05) is 7.05 Å². The van der Waals surface area contributed by atoms with Gasteiger partial charge >= 0.3 is 12.0 Å². The lowest BCUT2D eigenvalue weighted by Crippen LogP contribution is -2.43. The van der Waals surface area contributed by atoms with Crippen molar-refractivity contribution in [3.8, 4) is 11.3 Å². The number of carbonyl (C=O) groups excluding carboxylic acids is 3. The van der Waals surface area contributed by atoms with Gasteiger partial charge < -0.3 is 10.1 Å². The molecule has 0 fully saturated rings. The quantitative estimate of drug-likeness (QED) is 0.640. The van der Waals surface area contributed by atoms with Gasteiger partial charge in [0.2, 0.25) is 0 Å². The highest BCUT2D eigenvalue weighted by atomic mass is 16.5. The average molecular weight is 395 g/mol. The van der Waals surface area contributed by atoms with E-state index in [9.17, 15) is 14.4 Å². The molecule has 9 heteroatoms. The number of ether oxygens (including phenoxy) is 1. The average Bonchev–Trinajstić information content (AvgIpc) is 3.16. The number of esters is 1. The summed E-state index contributed by atoms with van der Waals surface area (Å²) in [5, 5.41) is 9.14. The fourth-order valence-electron chi connectivity index (χ4n) is 2.76. The van der Waals surface area contributed by atoms with Gasteiger partial charge in [-0.25, -0.2) is 19.3 Å². The number of hydrogen-bond donors (Lipinski definition) is 2. The highest BCUT2D eigenvalue weighted by molar-refractivity contribution is 6.05. The second-order valence-electron chi connectivity index (χ2n) is 6.23. The first kappa shape index (κ1) is 20.0. The molecule has 2 N–H and O–H groups in total. The zero-order valence-corrected chi connectivity index (χ0v) is 16.3. The number of nitrogens with zero attached hydrogens (tertiary/aromatic N) is 3. The van der Waals surface area contributed by atoms with Gasteiger partial charge in [0.1, 0.15) is 0 Å². The van der Waals surface area contributed by atoms with Crippen molar-refractivity contribution in [2.45, 2.75) is 26.5 Å². The Kier molecular flexibility index (Phi) is 5.87. The fraction of sp³-hybridized carbons (Fsp3) is 0.250. The van der Waals surface area contributed by atoms with Crippen LogP contribution < -0.4 is 10.6 Å². The van der Waals surface area contributed by atoms with Crippen molar-refractivity contribution in [3.05, 3.63) is 48.2 Å². The van der Waals surface area contributed by atoms with Crippen LogP contribution in [0.3, 0.4) is 0 Å². The normalized spacial score (nSPS) is 11.7. The summed E-state index contributed by atoms with van der Waals surface area (Å²) in [4.78, 5) is 40.8. The van der Waals surface area contributed by atoms with Crippen molar-refractivity contribution in [1.82, 2.24) is 25.4 Å². The van der Waals surface area contributed by atoms with E-state index >= 15 is 0 Å². The molecule has 3 aromatic rings. The minimum Gasteiger partial charge on any atom is -0.449 e. The summed E-state index contributed by atoms with van der Waals surface area (Å²) in [6.07, 6.45) is 0.385. The van der Waals surface area contributed by atoms with Crippen molar-refractivity contribution < 1.29 is 19.1 Å². The minimum atomic E-state index is -1.16. The molecule has 1 atom stereocenters. The van der Waals surface area contributed by atoms with Crippen LogP contribution in [0.4, 0.5) is 4.79 Å². The van der Waals surface area contributed by atoms with Gasteiger partial charge in [-0.2, -0.15) is 5.10 Å². The van der Waals surface area contributed by atoms with Crippen LogP contribution in [0.25, 0.3) is 22.3 Å². The molecule has 0 aliphatic heterocycles. The number of pyridine rings is 1. The molecule has 0 aliphatic carbocycles. The Hall–Kier alpha value is -3.75. The summed E-state index contributed by atoms with van der Waals surface area (Å²) >= 11 is 0. The third-order valence-corrected chi connectivity index (χ3v) is 4.32. The summed E-state index contributed by atoms with van der Waals surface area (Å²) in [5.41, 5.74) is 2.21. The Morgan fingerprint density at radius 2 is 1.93 bits per heavy atom. The summed E-state index contributed by atoms with van der Waals surface area (Å²) < 4.78 is 6.97. The number of benzene rings is 1. The van der Waals surface area contributed by atoms with Crippen molar-refractivity contribution in [2.24, 2.45) is 0 Å². The second-order valence-corrected chi connectivity index (χ2v) is 6.23. The van der Waals surface area contributed by atoms with Gasteiger partial charge in [-0.3, -0.25) is 10.1 Å². The zero-order valence-electron chi connectivity index (χ0n) is 16.3. The third kappa shape index (κ3) is 4.23. The van der Waals surface area contributed by atoms with Gasteiger partial charge in [0.15, 0.2) is 11.8 Å². The maximum absolute atomic E-state index is 12.8. The minimum absolute atomic E-state index is 0.244. The molecule has 0 spiro atoms. The first-order chi connectivity index (χ1) is 13.9. The largest absolute Gasteiger partial charge is 0.449 e. The van der Waals surface area contributed by atoms with E-state index in [-0.39, 0.29) is 5.56 Å². The van der Waals surface area contributed by atoms with Crippen LogP contribution in [0.2, 0.25) is 0 Å². The second kappa shape index (κ2) is 8.51. The molecule has 0 saturated carbocycles. The summed E-state index contributed by atoms with van der Waals surface area (Å²) in [5.74, 6) is -1.43. The Balaban J connectivity index is 1.97. The van der Waals surface area contributed by atoms with Crippen LogP contribution in [0.15, 0.2) is 42.6 Å². The molecule has 0 saturated heterocycles. The number of aryl methyl sites for hydroxylation is 1. The van der Waals surface area contributed by atoms with Gasteiger partial charge in [-0.05, 0) is 19.9 Å². The lowest BCUT2D eigenvalue weighted by Gasteiger charge is -2.14. The lowest BCUT2D eigenvalue weighted by atomic mass is 10.1. The van der Waals surface area contributed by atoms with E-state index in [1.165, 1.54) is 14.0 Å². The highest BCUT2D eigenvalue weighted by Gasteiger charge is 2.24. The SMILES string of the molecule is CCn1ncc2c(C(=O)OC(C)C(=O)NC(=O)NC)cc(-c3ccccc3)nc21. The van der Waals surface area contributed by atoms with E-state index in [1.54, 1.807) is 16.9 Å². The predicted octanol–water partition coefficient (Wildman–Crippen LogP) is 2.12. The van der Waals surface area contributed by atoms with Gasteiger partial charge in [0, 0.05) is 19.2 Å². The molecule has 2 aromatic heterocycles. The third-order valence-electron chi connectivity index (χ3n) is 4.32. The number of fused-ring (bicyclic) bond motifs is 1. The molecule has 3 rings (SSSR count). The number of nitrogens with one attached hydrogen (secondary N) is 2. The monoisotopic (exact) mass is 395 g/mol. The zero-order chi connectivity index (χ0) is 21.0.